The smallest absolute Gasteiger partial charge is 0.288 e. The zero-order valence-electron chi connectivity index (χ0n) is 16.2. The van der Waals surface area contributed by atoms with Gasteiger partial charge in [0, 0.05) is 39.2 Å². The van der Waals surface area contributed by atoms with E-state index in [-0.39, 0.29) is 30.1 Å². The summed E-state index contributed by atoms with van der Waals surface area (Å²) in [7, 11) is 2.07. The van der Waals surface area contributed by atoms with Crippen molar-refractivity contribution in [3.63, 3.8) is 0 Å². The predicted octanol–water partition coefficient (Wildman–Crippen LogP) is 1.84. The van der Waals surface area contributed by atoms with Gasteiger partial charge in [-0.15, -0.1) is 0 Å². The number of nitrogens with zero attached hydrogens (tertiary/aromatic N) is 2. The van der Waals surface area contributed by atoms with E-state index in [9.17, 15) is 4.79 Å². The highest BCUT2D eigenvalue weighted by Gasteiger charge is 2.35. The van der Waals surface area contributed by atoms with Gasteiger partial charge < -0.3 is 24.4 Å². The molecule has 0 saturated carbocycles. The third-order valence-corrected chi connectivity index (χ3v) is 5.03. The molecule has 6 heteroatoms. The van der Waals surface area contributed by atoms with Gasteiger partial charge >= 0.3 is 0 Å². The van der Waals surface area contributed by atoms with Crippen LogP contribution in [0, 0.1) is 11.3 Å². The highest BCUT2D eigenvalue weighted by molar-refractivity contribution is 5.91. The van der Waals surface area contributed by atoms with Crippen LogP contribution in [0.1, 0.15) is 40.0 Å². The molecule has 0 radical (unpaired) electrons. The first-order valence-electron chi connectivity index (χ1n) is 9.40. The second-order valence-corrected chi connectivity index (χ2v) is 8.18. The quantitative estimate of drug-likeness (QED) is 0.738. The van der Waals surface area contributed by atoms with E-state index >= 15 is 0 Å². The zero-order valence-corrected chi connectivity index (χ0v) is 16.2. The van der Waals surface area contributed by atoms with Crippen molar-refractivity contribution in [2.24, 2.45) is 11.3 Å². The number of hydrogen-bond acceptors (Lipinski definition) is 5. The first kappa shape index (κ1) is 20.2. The van der Waals surface area contributed by atoms with Crippen molar-refractivity contribution in [3.05, 3.63) is 11.8 Å². The number of allylic oxidation sites excluding steroid dienone is 1. The van der Waals surface area contributed by atoms with E-state index in [1.54, 1.807) is 0 Å². The lowest BCUT2D eigenvalue weighted by Crippen LogP contribution is -2.48. The molecule has 2 heterocycles. The zero-order chi connectivity index (χ0) is 18.4. The van der Waals surface area contributed by atoms with E-state index < -0.39 is 0 Å². The largest absolute Gasteiger partial charge is 0.459 e. The van der Waals surface area contributed by atoms with Gasteiger partial charge in [-0.3, -0.25) is 4.79 Å². The number of ether oxygens (including phenoxy) is 2. The van der Waals surface area contributed by atoms with Gasteiger partial charge in [0.05, 0.1) is 6.61 Å². The Morgan fingerprint density at radius 2 is 1.96 bits per heavy atom. The molecule has 1 fully saturated rings. The van der Waals surface area contributed by atoms with Crippen molar-refractivity contribution in [3.8, 4) is 0 Å². The van der Waals surface area contributed by atoms with Crippen LogP contribution in [0.25, 0.3) is 0 Å². The molecule has 1 saturated heterocycles. The summed E-state index contributed by atoms with van der Waals surface area (Å²) >= 11 is 0. The maximum atomic E-state index is 12.9. The summed E-state index contributed by atoms with van der Waals surface area (Å²) in [6.45, 7) is 10.5. The van der Waals surface area contributed by atoms with Crippen molar-refractivity contribution >= 4 is 5.91 Å². The van der Waals surface area contributed by atoms with E-state index in [1.807, 2.05) is 11.0 Å². The fourth-order valence-corrected chi connectivity index (χ4v) is 3.11. The van der Waals surface area contributed by atoms with Gasteiger partial charge in [-0.25, -0.2) is 0 Å². The number of unbranched alkanes of at least 4 members (excludes halogenated alkanes) is 1. The van der Waals surface area contributed by atoms with Crippen molar-refractivity contribution in [1.82, 2.24) is 9.80 Å². The Bertz CT molecular complexity index is 465. The predicted molar refractivity (Wildman–Crippen MR) is 96.9 cm³/mol. The van der Waals surface area contributed by atoms with E-state index in [4.69, 9.17) is 14.6 Å². The molecule has 0 spiro atoms. The van der Waals surface area contributed by atoms with E-state index in [0.29, 0.717) is 12.4 Å². The Morgan fingerprint density at radius 3 is 2.56 bits per heavy atom. The van der Waals surface area contributed by atoms with Crippen molar-refractivity contribution < 1.29 is 19.4 Å². The van der Waals surface area contributed by atoms with Gasteiger partial charge in [0.25, 0.3) is 5.91 Å². The minimum atomic E-state index is -0.390. The molecular formula is C19H34N2O4. The van der Waals surface area contributed by atoms with Crippen LogP contribution in [0.3, 0.4) is 0 Å². The molecule has 0 aromatic carbocycles. The molecule has 25 heavy (non-hydrogen) atoms. The molecule has 2 rings (SSSR count). The minimum absolute atomic E-state index is 0.0222. The second-order valence-electron chi connectivity index (χ2n) is 8.18. The van der Waals surface area contributed by atoms with Gasteiger partial charge in [-0.2, -0.15) is 0 Å². The van der Waals surface area contributed by atoms with E-state index in [2.05, 4.69) is 32.7 Å². The highest BCUT2D eigenvalue weighted by atomic mass is 16.7. The number of aliphatic hydroxyl groups excluding tert-OH is 1. The van der Waals surface area contributed by atoms with Gasteiger partial charge in [-0.05, 0) is 37.3 Å². The van der Waals surface area contributed by atoms with Crippen LogP contribution in [-0.4, -0.2) is 73.5 Å². The number of rotatable bonds is 6. The van der Waals surface area contributed by atoms with Crippen LogP contribution in [0.2, 0.25) is 0 Å². The standard InChI is InChI=1S/C19H34N2O4/c1-19(2,3)15-13-16(18(23)21-9-7-20(4)8-10-21)25-17(14-15)24-12-6-5-11-22/h13,15,17,22H,5-12,14H2,1-4H3/t15-,17+/m0/s1. The van der Waals surface area contributed by atoms with E-state index in [1.165, 1.54) is 0 Å². The minimum Gasteiger partial charge on any atom is -0.459 e. The summed E-state index contributed by atoms with van der Waals surface area (Å²) < 4.78 is 11.7. The molecular weight excluding hydrogens is 320 g/mol. The molecule has 2 atom stereocenters. The number of likely N-dealkylation sites (N-methyl/N-ethyl adjacent to an activating group) is 1. The second kappa shape index (κ2) is 9.01. The number of aliphatic hydroxyl groups is 1. The van der Waals surface area contributed by atoms with Crippen molar-refractivity contribution in [2.75, 3.05) is 46.4 Å². The Balaban J connectivity index is 2.02. The van der Waals surface area contributed by atoms with Gasteiger partial charge in [-0.1, -0.05) is 20.8 Å². The van der Waals surface area contributed by atoms with Gasteiger partial charge in [0.2, 0.25) is 6.29 Å². The Labute approximate surface area is 151 Å². The highest BCUT2D eigenvalue weighted by Crippen LogP contribution is 2.36. The summed E-state index contributed by atoms with van der Waals surface area (Å²) in [6.07, 6.45) is 3.87. The average molecular weight is 354 g/mol. The fourth-order valence-electron chi connectivity index (χ4n) is 3.11. The van der Waals surface area contributed by atoms with Crippen molar-refractivity contribution in [1.29, 1.82) is 0 Å². The molecule has 1 amide bonds. The summed E-state index contributed by atoms with van der Waals surface area (Å²) in [5, 5.41) is 8.88. The maximum Gasteiger partial charge on any atom is 0.288 e. The van der Waals surface area contributed by atoms with E-state index in [0.717, 1.165) is 45.4 Å². The SMILES string of the molecule is CN1CCN(C(=O)C2=C[C@H](C(C)(C)C)C[C@H](OCCCCO)O2)CC1. The van der Waals surface area contributed by atoms with Gasteiger partial charge in [0.15, 0.2) is 5.76 Å². The molecule has 2 aliphatic rings. The van der Waals surface area contributed by atoms with Gasteiger partial charge in [0.1, 0.15) is 0 Å². The van der Waals surface area contributed by atoms with Crippen LogP contribution in [-0.2, 0) is 14.3 Å². The molecule has 0 aromatic heterocycles. The number of carbonyl (C=O) groups excluding carboxylic acids is 1. The molecule has 144 valence electrons. The van der Waals surface area contributed by atoms with Crippen LogP contribution >= 0.6 is 0 Å². The lowest BCUT2D eigenvalue weighted by molar-refractivity contribution is -0.159. The monoisotopic (exact) mass is 354 g/mol. The molecule has 2 aliphatic heterocycles. The average Bonchev–Trinajstić information content (AvgIpc) is 2.58. The first-order chi connectivity index (χ1) is 11.8. The Hall–Kier alpha value is -1.11. The molecule has 6 nitrogen and oxygen atoms in total. The molecule has 0 aromatic rings. The summed E-state index contributed by atoms with van der Waals surface area (Å²) in [4.78, 5) is 17.0. The van der Waals surface area contributed by atoms with Crippen LogP contribution in [0.15, 0.2) is 11.8 Å². The van der Waals surface area contributed by atoms with Crippen LogP contribution in [0.4, 0.5) is 0 Å². The summed E-state index contributed by atoms with van der Waals surface area (Å²) in [5.74, 6) is 0.643. The third kappa shape index (κ3) is 5.97. The lowest BCUT2D eigenvalue weighted by atomic mass is 9.77. The number of piperazine rings is 1. The number of hydrogen-bond donors (Lipinski definition) is 1. The Morgan fingerprint density at radius 1 is 1.28 bits per heavy atom. The number of amides is 1. The Kier molecular flexibility index (Phi) is 7.28. The molecule has 0 unspecified atom stereocenters. The topological polar surface area (TPSA) is 62.2 Å². The summed E-state index contributed by atoms with van der Waals surface area (Å²) in [6, 6.07) is 0. The number of carbonyl (C=O) groups is 1. The normalized spacial score (nSPS) is 25.5. The maximum absolute atomic E-state index is 12.9. The van der Waals surface area contributed by atoms with Crippen molar-refractivity contribution in [2.45, 2.75) is 46.3 Å². The lowest BCUT2D eigenvalue weighted by Gasteiger charge is -2.38. The first-order valence-corrected chi connectivity index (χ1v) is 9.40. The third-order valence-electron chi connectivity index (χ3n) is 5.03. The van der Waals surface area contributed by atoms with Crippen LogP contribution in [0.5, 0.6) is 0 Å². The summed E-state index contributed by atoms with van der Waals surface area (Å²) in [5.41, 5.74) is 0.0458. The molecule has 0 aliphatic carbocycles. The van der Waals surface area contributed by atoms with Crippen LogP contribution < -0.4 is 0 Å². The molecule has 0 bridgehead atoms. The molecule has 1 N–H and O–H groups in total. The fraction of sp³-hybridized carbons (Fsp3) is 0.842.